The largest absolute Gasteiger partial charge is 0.377 e. The van der Waals surface area contributed by atoms with E-state index in [-0.39, 0.29) is 5.60 Å². The monoisotopic (exact) mass is 410 g/mol. The molecule has 1 aromatic carbocycles. The van der Waals surface area contributed by atoms with Crippen LogP contribution in [-0.2, 0) is 14.8 Å². The highest BCUT2D eigenvalue weighted by Crippen LogP contribution is 2.23. The third kappa shape index (κ3) is 6.46. The predicted molar refractivity (Wildman–Crippen MR) is 113 cm³/mol. The minimum atomic E-state index is -3.39. The van der Waals surface area contributed by atoms with Crippen molar-refractivity contribution >= 4 is 16.0 Å². The number of aliphatic imine (C=N–C) groups is 1. The van der Waals surface area contributed by atoms with Gasteiger partial charge in [-0.3, -0.25) is 4.99 Å². The number of hydrogen-bond acceptors (Lipinski definition) is 4. The number of benzene rings is 1. The molecule has 1 heterocycles. The molecule has 1 aromatic rings. The molecule has 8 heteroatoms. The normalized spacial score (nSPS) is 17.5. The topological polar surface area (TPSA) is 83.0 Å². The van der Waals surface area contributed by atoms with Crippen LogP contribution in [0, 0.1) is 5.92 Å². The Morgan fingerprint density at radius 1 is 1.21 bits per heavy atom. The number of sulfonamides is 1. The molecule has 0 bridgehead atoms. The van der Waals surface area contributed by atoms with Gasteiger partial charge >= 0.3 is 0 Å². The van der Waals surface area contributed by atoms with Crippen molar-refractivity contribution in [1.82, 2.24) is 14.9 Å². The van der Waals surface area contributed by atoms with Crippen LogP contribution >= 0.6 is 0 Å². The highest BCUT2D eigenvalue weighted by atomic mass is 32.2. The number of nitrogens with one attached hydrogen (secondary N) is 2. The summed E-state index contributed by atoms with van der Waals surface area (Å²) in [5.41, 5.74) is -0.306. The molecule has 0 amide bonds. The van der Waals surface area contributed by atoms with E-state index in [1.807, 2.05) is 26.8 Å². The van der Waals surface area contributed by atoms with Crippen molar-refractivity contribution in [2.24, 2.45) is 10.9 Å². The van der Waals surface area contributed by atoms with E-state index >= 15 is 0 Å². The van der Waals surface area contributed by atoms with Gasteiger partial charge < -0.3 is 15.4 Å². The average molecular weight is 411 g/mol. The fraction of sp³-hybridized carbons (Fsp3) is 0.650. The molecule has 1 aliphatic rings. The Hall–Kier alpha value is -1.64. The number of hydrogen-bond donors (Lipinski definition) is 2. The lowest BCUT2D eigenvalue weighted by Crippen LogP contribution is -2.44. The molecule has 0 unspecified atom stereocenters. The zero-order valence-corrected chi connectivity index (χ0v) is 18.3. The van der Waals surface area contributed by atoms with Gasteiger partial charge in [0.1, 0.15) is 0 Å². The Balaban J connectivity index is 1.87. The van der Waals surface area contributed by atoms with E-state index in [4.69, 9.17) is 4.74 Å². The van der Waals surface area contributed by atoms with Gasteiger partial charge in [-0.1, -0.05) is 18.2 Å². The molecule has 0 atom stereocenters. The van der Waals surface area contributed by atoms with Gasteiger partial charge in [0.25, 0.3) is 0 Å². The summed E-state index contributed by atoms with van der Waals surface area (Å²) in [5, 5.41) is 6.64. The lowest BCUT2D eigenvalue weighted by molar-refractivity contribution is 0.0310. The molecule has 2 N–H and O–H groups in total. The zero-order valence-electron chi connectivity index (χ0n) is 17.4. The summed E-state index contributed by atoms with van der Waals surface area (Å²) in [7, 11) is -1.70. The van der Waals surface area contributed by atoms with Crippen LogP contribution in [0.2, 0.25) is 0 Å². The van der Waals surface area contributed by atoms with Gasteiger partial charge in [-0.2, -0.15) is 4.31 Å². The number of nitrogens with zero attached hydrogens (tertiary/aromatic N) is 2. The highest BCUT2D eigenvalue weighted by Gasteiger charge is 2.29. The Bertz CT molecular complexity index is 727. The van der Waals surface area contributed by atoms with E-state index in [1.165, 1.54) is 0 Å². The van der Waals surface area contributed by atoms with Crippen molar-refractivity contribution in [2.75, 3.05) is 39.8 Å². The molecular formula is C20H34N4O3S. The standard InChI is InChI=1S/C20H34N4O3S/c1-5-21-19(23-16-20(2,3)27-4)22-15-17-11-13-24(14-12-17)28(25,26)18-9-7-6-8-10-18/h6-10,17H,5,11-16H2,1-4H3,(H2,21,22,23). The summed E-state index contributed by atoms with van der Waals surface area (Å²) in [4.78, 5) is 4.97. The van der Waals surface area contributed by atoms with Crippen molar-refractivity contribution in [2.45, 2.75) is 44.1 Å². The van der Waals surface area contributed by atoms with Crippen LogP contribution in [-0.4, -0.2) is 64.1 Å². The number of ether oxygens (including phenoxy) is 1. The average Bonchev–Trinajstić information content (AvgIpc) is 2.71. The highest BCUT2D eigenvalue weighted by molar-refractivity contribution is 7.89. The molecule has 1 aliphatic heterocycles. The number of methoxy groups -OCH3 is 1. The first-order valence-corrected chi connectivity index (χ1v) is 11.3. The molecule has 2 rings (SSSR count). The van der Waals surface area contributed by atoms with Gasteiger partial charge in [-0.05, 0) is 51.7 Å². The second kappa shape index (κ2) is 10.2. The fourth-order valence-electron chi connectivity index (χ4n) is 3.01. The summed E-state index contributed by atoms with van der Waals surface area (Å²) >= 11 is 0. The minimum Gasteiger partial charge on any atom is -0.377 e. The van der Waals surface area contributed by atoms with E-state index in [9.17, 15) is 8.42 Å². The van der Waals surface area contributed by atoms with Crippen LogP contribution in [0.4, 0.5) is 0 Å². The molecule has 0 saturated carbocycles. The molecule has 1 fully saturated rings. The fourth-order valence-corrected chi connectivity index (χ4v) is 4.50. The maximum atomic E-state index is 12.7. The van der Waals surface area contributed by atoms with Crippen LogP contribution in [0.5, 0.6) is 0 Å². The Kier molecular flexibility index (Phi) is 8.27. The van der Waals surface area contributed by atoms with Crippen LogP contribution < -0.4 is 10.6 Å². The number of piperidine rings is 1. The second-order valence-electron chi connectivity index (χ2n) is 7.70. The lowest BCUT2D eigenvalue weighted by atomic mass is 9.98. The Morgan fingerprint density at radius 3 is 2.43 bits per heavy atom. The zero-order chi connectivity index (χ0) is 20.6. The number of guanidine groups is 1. The molecule has 7 nitrogen and oxygen atoms in total. The van der Waals surface area contributed by atoms with Gasteiger partial charge in [-0.15, -0.1) is 0 Å². The van der Waals surface area contributed by atoms with E-state index in [1.54, 1.807) is 35.7 Å². The van der Waals surface area contributed by atoms with Gasteiger partial charge in [0.05, 0.1) is 17.0 Å². The summed E-state index contributed by atoms with van der Waals surface area (Å²) in [6.45, 7) is 9.26. The maximum absolute atomic E-state index is 12.7. The maximum Gasteiger partial charge on any atom is 0.243 e. The predicted octanol–water partition coefficient (Wildman–Crippen LogP) is 2.07. The molecule has 0 aromatic heterocycles. The Morgan fingerprint density at radius 2 is 1.86 bits per heavy atom. The van der Waals surface area contributed by atoms with E-state index in [0.29, 0.717) is 30.4 Å². The molecule has 1 saturated heterocycles. The van der Waals surface area contributed by atoms with Crippen molar-refractivity contribution in [3.63, 3.8) is 0 Å². The van der Waals surface area contributed by atoms with Gasteiger partial charge in [0.2, 0.25) is 10.0 Å². The van der Waals surface area contributed by atoms with Gasteiger partial charge in [0.15, 0.2) is 5.96 Å². The molecule has 0 aliphatic carbocycles. The van der Waals surface area contributed by atoms with Crippen molar-refractivity contribution in [1.29, 1.82) is 0 Å². The molecule has 0 radical (unpaired) electrons. The van der Waals surface area contributed by atoms with Crippen molar-refractivity contribution < 1.29 is 13.2 Å². The van der Waals surface area contributed by atoms with Crippen LogP contribution in [0.3, 0.4) is 0 Å². The summed E-state index contributed by atoms with van der Waals surface area (Å²) in [6.07, 6.45) is 1.67. The van der Waals surface area contributed by atoms with Gasteiger partial charge in [-0.25, -0.2) is 8.42 Å². The Labute approximate surface area is 169 Å². The number of rotatable bonds is 8. The molecule has 158 valence electrons. The first-order valence-electron chi connectivity index (χ1n) is 9.91. The third-order valence-electron chi connectivity index (χ3n) is 5.03. The quantitative estimate of drug-likeness (QED) is 0.506. The molecule has 28 heavy (non-hydrogen) atoms. The van der Waals surface area contributed by atoms with Crippen LogP contribution in [0.25, 0.3) is 0 Å². The van der Waals surface area contributed by atoms with Gasteiger partial charge in [0, 0.05) is 33.3 Å². The molecular weight excluding hydrogens is 376 g/mol. The summed E-state index contributed by atoms with van der Waals surface area (Å²) < 4.78 is 32.5. The van der Waals surface area contributed by atoms with E-state index in [2.05, 4.69) is 15.6 Å². The first kappa shape index (κ1) is 22.6. The summed E-state index contributed by atoms with van der Waals surface area (Å²) in [6, 6.07) is 8.66. The van der Waals surface area contributed by atoms with E-state index < -0.39 is 10.0 Å². The smallest absolute Gasteiger partial charge is 0.243 e. The molecule has 0 spiro atoms. The van der Waals surface area contributed by atoms with Crippen LogP contribution in [0.1, 0.15) is 33.6 Å². The third-order valence-corrected chi connectivity index (χ3v) is 6.94. The SMILES string of the molecule is CCNC(=NCC(C)(C)OC)NCC1CCN(S(=O)(=O)c2ccccc2)CC1. The minimum absolute atomic E-state index is 0.306. The summed E-state index contributed by atoms with van der Waals surface area (Å²) in [5.74, 6) is 1.19. The second-order valence-corrected chi connectivity index (χ2v) is 9.64. The van der Waals surface area contributed by atoms with E-state index in [0.717, 1.165) is 31.9 Å². The van der Waals surface area contributed by atoms with Crippen LogP contribution in [0.15, 0.2) is 40.2 Å². The lowest BCUT2D eigenvalue weighted by Gasteiger charge is -2.31. The van der Waals surface area contributed by atoms with Crippen molar-refractivity contribution in [3.05, 3.63) is 30.3 Å². The van der Waals surface area contributed by atoms with Crippen molar-refractivity contribution in [3.8, 4) is 0 Å². The first-order chi connectivity index (χ1) is 13.3.